The predicted molar refractivity (Wildman–Crippen MR) is 102 cm³/mol. The van der Waals surface area contributed by atoms with E-state index in [4.69, 9.17) is 32.7 Å². The van der Waals surface area contributed by atoms with Gasteiger partial charge in [-0.15, -0.1) is 0 Å². The van der Waals surface area contributed by atoms with Crippen LogP contribution < -0.4 is 5.32 Å². The van der Waals surface area contributed by atoms with E-state index in [1.165, 1.54) is 26.2 Å². The van der Waals surface area contributed by atoms with Crippen LogP contribution in [-0.4, -0.2) is 36.0 Å². The molecule has 9 heteroatoms. The zero-order valence-electron chi connectivity index (χ0n) is 15.1. The highest BCUT2D eigenvalue weighted by Crippen LogP contribution is 2.26. The Morgan fingerprint density at radius 3 is 2.41 bits per heavy atom. The predicted octanol–water partition coefficient (Wildman–Crippen LogP) is 3.91. The molecule has 27 heavy (non-hydrogen) atoms. The SMILES string of the molecule is COC(=O)c1c(C)[nH]c(C(=O)O[C@@H](C)C(=O)Nc2ccc(Cl)cc2Cl)c1C. The molecule has 1 aromatic carbocycles. The first-order valence-electron chi connectivity index (χ1n) is 7.90. The van der Waals surface area contributed by atoms with Gasteiger partial charge in [0.15, 0.2) is 6.10 Å². The monoisotopic (exact) mass is 412 g/mol. The minimum absolute atomic E-state index is 0.0806. The molecule has 1 atom stereocenters. The van der Waals surface area contributed by atoms with Crippen molar-refractivity contribution in [3.8, 4) is 0 Å². The van der Waals surface area contributed by atoms with Crippen molar-refractivity contribution in [1.82, 2.24) is 4.98 Å². The van der Waals surface area contributed by atoms with Crippen LogP contribution in [0.4, 0.5) is 5.69 Å². The molecule has 2 aromatic rings. The smallest absolute Gasteiger partial charge is 0.355 e. The fourth-order valence-electron chi connectivity index (χ4n) is 2.46. The molecule has 0 bridgehead atoms. The summed E-state index contributed by atoms with van der Waals surface area (Å²) < 4.78 is 9.89. The maximum atomic E-state index is 12.4. The van der Waals surface area contributed by atoms with E-state index in [1.54, 1.807) is 19.9 Å². The van der Waals surface area contributed by atoms with Crippen LogP contribution in [0.2, 0.25) is 10.0 Å². The lowest BCUT2D eigenvalue weighted by atomic mass is 10.1. The van der Waals surface area contributed by atoms with Crippen LogP contribution in [0.15, 0.2) is 18.2 Å². The molecule has 2 N–H and O–H groups in total. The third kappa shape index (κ3) is 4.61. The van der Waals surface area contributed by atoms with Gasteiger partial charge >= 0.3 is 11.9 Å². The fraction of sp³-hybridized carbons (Fsp3) is 0.278. The molecule has 1 amide bonds. The summed E-state index contributed by atoms with van der Waals surface area (Å²) in [6, 6.07) is 4.59. The summed E-state index contributed by atoms with van der Waals surface area (Å²) in [5.74, 6) is -1.90. The van der Waals surface area contributed by atoms with Crippen molar-refractivity contribution >= 4 is 46.7 Å². The average Bonchev–Trinajstić information content (AvgIpc) is 2.91. The lowest BCUT2D eigenvalue weighted by molar-refractivity contribution is -0.123. The topological polar surface area (TPSA) is 97.5 Å². The van der Waals surface area contributed by atoms with Crippen LogP contribution in [0.3, 0.4) is 0 Å². The van der Waals surface area contributed by atoms with Crippen molar-refractivity contribution in [3.63, 3.8) is 0 Å². The van der Waals surface area contributed by atoms with Gasteiger partial charge in [0.2, 0.25) is 0 Å². The molecule has 1 aromatic heterocycles. The first-order valence-corrected chi connectivity index (χ1v) is 8.65. The lowest BCUT2D eigenvalue weighted by Crippen LogP contribution is -2.30. The average molecular weight is 413 g/mol. The number of hydrogen-bond donors (Lipinski definition) is 2. The third-order valence-corrected chi connectivity index (χ3v) is 4.42. The number of hydrogen-bond acceptors (Lipinski definition) is 5. The molecule has 0 aliphatic carbocycles. The molecule has 0 saturated carbocycles. The van der Waals surface area contributed by atoms with Crippen LogP contribution in [0.1, 0.15) is 39.0 Å². The number of aryl methyl sites for hydroxylation is 1. The number of rotatable bonds is 5. The second kappa shape index (κ2) is 8.45. The van der Waals surface area contributed by atoms with E-state index in [9.17, 15) is 14.4 Å². The van der Waals surface area contributed by atoms with Crippen LogP contribution in [0.5, 0.6) is 0 Å². The number of anilines is 1. The number of halogens is 2. The number of benzene rings is 1. The normalized spacial score (nSPS) is 11.6. The van der Waals surface area contributed by atoms with Gasteiger partial charge in [-0.3, -0.25) is 4.79 Å². The van der Waals surface area contributed by atoms with E-state index in [1.807, 2.05) is 0 Å². The van der Waals surface area contributed by atoms with Gasteiger partial charge in [-0.05, 0) is 44.5 Å². The summed E-state index contributed by atoms with van der Waals surface area (Å²) >= 11 is 11.8. The van der Waals surface area contributed by atoms with Gasteiger partial charge in [-0.2, -0.15) is 0 Å². The van der Waals surface area contributed by atoms with Crippen molar-refractivity contribution in [2.45, 2.75) is 26.9 Å². The molecule has 1 heterocycles. The minimum Gasteiger partial charge on any atom is -0.465 e. The largest absolute Gasteiger partial charge is 0.465 e. The van der Waals surface area contributed by atoms with Gasteiger partial charge < -0.3 is 19.8 Å². The van der Waals surface area contributed by atoms with E-state index in [0.29, 0.717) is 22.0 Å². The van der Waals surface area contributed by atoms with Crippen molar-refractivity contribution in [2.75, 3.05) is 12.4 Å². The standard InChI is InChI=1S/C18H18Cl2N2O5/c1-8-14(17(24)26-4)9(2)21-15(8)18(25)27-10(3)16(23)22-13-6-5-11(19)7-12(13)20/h5-7,10,21H,1-4H3,(H,22,23)/t10-/m0/s1. The Balaban J connectivity index is 2.11. The maximum Gasteiger partial charge on any atom is 0.355 e. The van der Waals surface area contributed by atoms with Crippen molar-refractivity contribution in [3.05, 3.63) is 50.8 Å². The quantitative estimate of drug-likeness (QED) is 0.725. The number of amides is 1. The van der Waals surface area contributed by atoms with E-state index in [0.717, 1.165) is 0 Å². The molecular formula is C18H18Cl2N2O5. The van der Waals surface area contributed by atoms with Gasteiger partial charge in [0, 0.05) is 10.7 Å². The second-order valence-corrected chi connectivity index (χ2v) is 6.62. The summed E-state index contributed by atoms with van der Waals surface area (Å²) in [6.07, 6.45) is -1.10. The summed E-state index contributed by atoms with van der Waals surface area (Å²) in [6.45, 7) is 4.64. The number of carbonyl (C=O) groups excluding carboxylic acids is 3. The molecule has 0 saturated heterocycles. The zero-order valence-corrected chi connectivity index (χ0v) is 16.6. The van der Waals surface area contributed by atoms with Gasteiger partial charge in [-0.1, -0.05) is 23.2 Å². The fourth-order valence-corrected chi connectivity index (χ4v) is 2.92. The molecule has 0 radical (unpaired) electrons. The number of esters is 2. The highest BCUT2D eigenvalue weighted by Gasteiger charge is 2.26. The van der Waals surface area contributed by atoms with E-state index in [2.05, 4.69) is 10.3 Å². The Morgan fingerprint density at radius 1 is 1.15 bits per heavy atom. The molecule has 2 rings (SSSR count). The zero-order chi connectivity index (χ0) is 20.3. The van der Waals surface area contributed by atoms with Crippen molar-refractivity contribution < 1.29 is 23.9 Å². The molecule has 0 spiro atoms. The Hall–Kier alpha value is -2.51. The van der Waals surface area contributed by atoms with E-state index >= 15 is 0 Å². The highest BCUT2D eigenvalue weighted by molar-refractivity contribution is 6.36. The molecule has 7 nitrogen and oxygen atoms in total. The summed E-state index contributed by atoms with van der Waals surface area (Å²) in [5, 5.41) is 3.25. The summed E-state index contributed by atoms with van der Waals surface area (Å²) in [5.41, 5.74) is 1.54. The number of carbonyl (C=O) groups is 3. The minimum atomic E-state index is -1.10. The number of ether oxygens (including phenoxy) is 2. The van der Waals surface area contributed by atoms with Gasteiger partial charge in [-0.25, -0.2) is 9.59 Å². The maximum absolute atomic E-state index is 12.4. The molecular weight excluding hydrogens is 395 g/mol. The number of aromatic amines is 1. The van der Waals surface area contributed by atoms with Crippen LogP contribution in [0.25, 0.3) is 0 Å². The lowest BCUT2D eigenvalue weighted by Gasteiger charge is -2.14. The number of nitrogens with one attached hydrogen (secondary N) is 2. The van der Waals surface area contributed by atoms with Gasteiger partial charge in [0.05, 0.1) is 23.4 Å². The van der Waals surface area contributed by atoms with Gasteiger partial charge in [0.1, 0.15) is 5.69 Å². The summed E-state index contributed by atoms with van der Waals surface area (Å²) in [7, 11) is 1.25. The third-order valence-electron chi connectivity index (χ3n) is 3.87. The van der Waals surface area contributed by atoms with Crippen LogP contribution in [0, 0.1) is 13.8 Å². The molecule has 0 unspecified atom stereocenters. The highest BCUT2D eigenvalue weighted by atomic mass is 35.5. The van der Waals surface area contributed by atoms with Crippen molar-refractivity contribution in [2.24, 2.45) is 0 Å². The van der Waals surface area contributed by atoms with Crippen LogP contribution >= 0.6 is 23.2 Å². The second-order valence-electron chi connectivity index (χ2n) is 5.78. The molecule has 0 aliphatic heterocycles. The first-order chi connectivity index (χ1) is 12.6. The number of methoxy groups -OCH3 is 1. The van der Waals surface area contributed by atoms with E-state index < -0.39 is 23.9 Å². The molecule has 0 fully saturated rings. The van der Waals surface area contributed by atoms with Gasteiger partial charge in [0.25, 0.3) is 5.91 Å². The summed E-state index contributed by atoms with van der Waals surface area (Å²) in [4.78, 5) is 39.3. The van der Waals surface area contributed by atoms with E-state index in [-0.39, 0.29) is 16.3 Å². The van der Waals surface area contributed by atoms with Crippen LogP contribution in [-0.2, 0) is 14.3 Å². The Kier molecular flexibility index (Phi) is 6.51. The molecule has 144 valence electrons. The Labute approximate surface area is 165 Å². The van der Waals surface area contributed by atoms with Crippen molar-refractivity contribution in [1.29, 1.82) is 0 Å². The number of H-pyrrole nitrogens is 1. The Morgan fingerprint density at radius 2 is 1.81 bits per heavy atom. The molecule has 0 aliphatic rings. The Bertz CT molecular complexity index is 907. The first kappa shape index (κ1) is 20.8. The number of aromatic nitrogens is 1.